The molecule has 0 amide bonds. The zero-order chi connectivity index (χ0) is 34.1. The monoisotopic (exact) mass is 665 g/mol. The van der Waals surface area contributed by atoms with E-state index >= 15 is 0 Å². The van der Waals surface area contributed by atoms with Gasteiger partial charge in [0.05, 0.1) is 22.1 Å². The molecule has 0 N–H and O–H groups in total. The average Bonchev–Trinajstić information content (AvgIpc) is 3.91. The van der Waals surface area contributed by atoms with Gasteiger partial charge in [-0.15, -0.1) is 0 Å². The van der Waals surface area contributed by atoms with Crippen LogP contribution < -0.4 is 16.4 Å². The highest BCUT2D eigenvalue weighted by atomic mass is 16.3. The standard InChI is InChI=1S/C46H28BN3O2/c1-23-20-33-41-34(21-23)50-43-30(14-9-15-32(43)48-46(50)38-24(2)10-8-11-25(38)3)47(41)31-22-37-39(28-13-5-7-17-36(28)51-37)40-29-19-18-27-26-12-4-6-16-35(26)52-45(27)42(29)49(33)44(31)40/h4-22H,1-3H3. The van der Waals surface area contributed by atoms with Gasteiger partial charge in [0.25, 0.3) is 6.71 Å². The molecule has 6 heteroatoms. The molecule has 0 spiro atoms. The molecular formula is C46H28BN3O2. The quantitative estimate of drug-likeness (QED) is 0.164. The fraction of sp³-hybridized carbons (Fsp3) is 0.0652. The van der Waals surface area contributed by atoms with Gasteiger partial charge in [-0.05, 0) is 96.3 Å². The molecule has 2 aliphatic heterocycles. The minimum Gasteiger partial charge on any atom is -0.456 e. The Hall–Kier alpha value is -6.53. The summed E-state index contributed by atoms with van der Waals surface area (Å²) >= 11 is 0. The normalized spacial score (nSPS) is 13.2. The summed E-state index contributed by atoms with van der Waals surface area (Å²) in [6, 6.07) is 41.7. The fourth-order valence-corrected chi connectivity index (χ4v) is 10.0. The number of imidazole rings is 1. The largest absolute Gasteiger partial charge is 0.456 e. The Morgan fingerprint density at radius 1 is 0.538 bits per heavy atom. The Balaban J connectivity index is 1.29. The van der Waals surface area contributed by atoms with Gasteiger partial charge < -0.3 is 13.4 Å². The fourth-order valence-electron chi connectivity index (χ4n) is 10.0. The number of rotatable bonds is 1. The van der Waals surface area contributed by atoms with E-state index in [4.69, 9.17) is 13.8 Å². The van der Waals surface area contributed by atoms with Crippen LogP contribution in [0.5, 0.6) is 0 Å². The van der Waals surface area contributed by atoms with Gasteiger partial charge in [0.15, 0.2) is 5.58 Å². The molecule has 5 nitrogen and oxygen atoms in total. The van der Waals surface area contributed by atoms with Gasteiger partial charge >= 0.3 is 0 Å². The van der Waals surface area contributed by atoms with Crippen LogP contribution in [0, 0.1) is 20.8 Å². The molecule has 2 aliphatic rings. The van der Waals surface area contributed by atoms with E-state index in [1.165, 1.54) is 71.8 Å². The van der Waals surface area contributed by atoms with Crippen molar-refractivity contribution in [3.63, 3.8) is 0 Å². The smallest absolute Gasteiger partial charge is 0.252 e. The summed E-state index contributed by atoms with van der Waals surface area (Å²) in [4.78, 5) is 5.43. The van der Waals surface area contributed by atoms with E-state index in [0.717, 1.165) is 60.7 Å². The number of aromatic nitrogens is 3. The minimum atomic E-state index is -0.0209. The average molecular weight is 666 g/mol. The molecule has 6 heterocycles. The number of benzene rings is 7. The van der Waals surface area contributed by atoms with Crippen LogP contribution in [0.3, 0.4) is 0 Å². The third-order valence-electron chi connectivity index (χ3n) is 12.0. The highest BCUT2D eigenvalue weighted by molar-refractivity contribution is 7.00. The summed E-state index contributed by atoms with van der Waals surface area (Å²) in [5.74, 6) is 0.991. The van der Waals surface area contributed by atoms with Crippen molar-refractivity contribution < 1.29 is 8.83 Å². The summed E-state index contributed by atoms with van der Waals surface area (Å²) in [6.45, 7) is 6.60. The topological polar surface area (TPSA) is 49.0 Å². The summed E-state index contributed by atoms with van der Waals surface area (Å²) in [6.07, 6.45) is 0. The van der Waals surface area contributed by atoms with Crippen molar-refractivity contribution in [1.29, 1.82) is 0 Å². The Morgan fingerprint density at radius 2 is 1.25 bits per heavy atom. The second-order valence-electron chi connectivity index (χ2n) is 14.8. The van der Waals surface area contributed by atoms with Crippen molar-refractivity contribution in [1.82, 2.24) is 14.1 Å². The molecule has 0 unspecified atom stereocenters. The number of aryl methyl sites for hydroxylation is 3. The third kappa shape index (κ3) is 3.05. The predicted molar refractivity (Wildman–Crippen MR) is 214 cm³/mol. The highest BCUT2D eigenvalue weighted by Gasteiger charge is 2.42. The molecule has 0 radical (unpaired) electrons. The molecule has 0 saturated carbocycles. The molecule has 0 atom stereocenters. The molecule has 52 heavy (non-hydrogen) atoms. The number of para-hydroxylation sites is 3. The first-order valence-corrected chi connectivity index (χ1v) is 18.0. The van der Waals surface area contributed by atoms with Crippen LogP contribution >= 0.6 is 0 Å². The van der Waals surface area contributed by atoms with Crippen LogP contribution in [0.25, 0.3) is 99.5 Å². The third-order valence-corrected chi connectivity index (χ3v) is 12.0. The minimum absolute atomic E-state index is 0.0209. The van der Waals surface area contributed by atoms with Crippen LogP contribution in [0.4, 0.5) is 0 Å². The van der Waals surface area contributed by atoms with Gasteiger partial charge in [0.2, 0.25) is 0 Å². The van der Waals surface area contributed by atoms with Crippen molar-refractivity contribution in [2.45, 2.75) is 20.8 Å². The molecule has 0 saturated heterocycles. The Morgan fingerprint density at radius 3 is 2.08 bits per heavy atom. The van der Waals surface area contributed by atoms with Crippen molar-refractivity contribution in [2.24, 2.45) is 0 Å². The first-order chi connectivity index (χ1) is 25.5. The second-order valence-corrected chi connectivity index (χ2v) is 14.8. The molecule has 11 aromatic rings. The van der Waals surface area contributed by atoms with Crippen LogP contribution in [0.15, 0.2) is 124 Å². The van der Waals surface area contributed by atoms with Gasteiger partial charge in [0, 0.05) is 49.3 Å². The SMILES string of the molecule is Cc1cc2c3c(c1)-n1c4c(cc5oc6ccccc6c5c4c4ccc5c6ccccc6oc5c41)B3c1cccc3nc(-c4c(C)cccc4C)n-2c13. The van der Waals surface area contributed by atoms with Crippen molar-refractivity contribution in [3.8, 4) is 22.8 Å². The van der Waals surface area contributed by atoms with E-state index in [0.29, 0.717) is 0 Å². The maximum absolute atomic E-state index is 6.86. The Labute approximate surface area is 297 Å². The predicted octanol–water partition coefficient (Wildman–Crippen LogP) is 9.66. The van der Waals surface area contributed by atoms with Crippen LogP contribution in [0.2, 0.25) is 0 Å². The molecule has 13 rings (SSSR count). The molecule has 242 valence electrons. The molecule has 0 bridgehead atoms. The van der Waals surface area contributed by atoms with E-state index in [-0.39, 0.29) is 6.71 Å². The number of nitrogens with zero attached hydrogens (tertiary/aromatic N) is 3. The number of fused-ring (bicyclic) bond motifs is 15. The molecular weight excluding hydrogens is 637 g/mol. The lowest BCUT2D eigenvalue weighted by atomic mass is 9.34. The molecule has 7 aromatic carbocycles. The lowest BCUT2D eigenvalue weighted by Crippen LogP contribution is -2.59. The van der Waals surface area contributed by atoms with Gasteiger partial charge in [-0.25, -0.2) is 4.98 Å². The van der Waals surface area contributed by atoms with Gasteiger partial charge in [-0.2, -0.15) is 0 Å². The lowest BCUT2D eigenvalue weighted by molar-refractivity contribution is 0.669. The van der Waals surface area contributed by atoms with Crippen LogP contribution in [-0.4, -0.2) is 20.8 Å². The van der Waals surface area contributed by atoms with E-state index in [1.807, 2.05) is 0 Å². The number of hydrogen-bond acceptors (Lipinski definition) is 3. The van der Waals surface area contributed by atoms with Gasteiger partial charge in [-0.3, -0.25) is 4.57 Å². The van der Waals surface area contributed by atoms with Crippen molar-refractivity contribution in [2.75, 3.05) is 0 Å². The first kappa shape index (κ1) is 27.2. The van der Waals surface area contributed by atoms with E-state index in [2.05, 4.69) is 145 Å². The van der Waals surface area contributed by atoms with Crippen LogP contribution in [0.1, 0.15) is 16.7 Å². The zero-order valence-electron chi connectivity index (χ0n) is 28.7. The zero-order valence-corrected chi connectivity index (χ0v) is 28.7. The second kappa shape index (κ2) is 9.03. The number of hydrogen-bond donors (Lipinski definition) is 0. The van der Waals surface area contributed by atoms with Crippen molar-refractivity contribution >= 4 is 99.8 Å². The summed E-state index contributed by atoms with van der Waals surface area (Å²) < 4.78 is 18.6. The molecule has 0 fully saturated rings. The van der Waals surface area contributed by atoms with Gasteiger partial charge in [-0.1, -0.05) is 72.8 Å². The van der Waals surface area contributed by atoms with E-state index in [1.54, 1.807) is 0 Å². The summed E-state index contributed by atoms with van der Waals surface area (Å²) in [5, 5.41) is 6.92. The Kier molecular flexibility index (Phi) is 4.73. The van der Waals surface area contributed by atoms with Gasteiger partial charge in [0.1, 0.15) is 22.6 Å². The highest BCUT2D eigenvalue weighted by Crippen LogP contribution is 2.46. The van der Waals surface area contributed by atoms with E-state index < -0.39 is 0 Å². The summed E-state index contributed by atoms with van der Waals surface area (Å²) in [7, 11) is 0. The first-order valence-electron chi connectivity index (χ1n) is 18.0. The molecule has 4 aromatic heterocycles. The summed E-state index contributed by atoms with van der Waals surface area (Å²) in [5.41, 5.74) is 19.1. The maximum atomic E-state index is 6.86. The maximum Gasteiger partial charge on any atom is 0.252 e. The van der Waals surface area contributed by atoms with Crippen LogP contribution in [-0.2, 0) is 0 Å². The molecule has 0 aliphatic carbocycles. The van der Waals surface area contributed by atoms with Crippen molar-refractivity contribution in [3.05, 3.63) is 132 Å². The Bertz CT molecular complexity index is 3440. The van der Waals surface area contributed by atoms with E-state index in [9.17, 15) is 0 Å². The number of furan rings is 2. The lowest BCUT2D eigenvalue weighted by Gasteiger charge is -2.34.